The van der Waals surface area contributed by atoms with Crippen LogP contribution in [0.5, 0.6) is 0 Å². The van der Waals surface area contributed by atoms with Gasteiger partial charge in [0, 0.05) is 13.1 Å². The third kappa shape index (κ3) is 7.72. The molecule has 4 rings (SSSR count). The highest BCUT2D eigenvalue weighted by molar-refractivity contribution is 5.82. The molecule has 2 aromatic rings. The number of carbonyl (C=O) groups is 3. The predicted molar refractivity (Wildman–Crippen MR) is 146 cm³/mol. The Labute approximate surface area is 230 Å². The van der Waals surface area contributed by atoms with Crippen molar-refractivity contribution in [3.05, 3.63) is 70.8 Å². The molecule has 0 fully saturated rings. The summed E-state index contributed by atoms with van der Waals surface area (Å²) in [4.78, 5) is 38.8. The van der Waals surface area contributed by atoms with Crippen molar-refractivity contribution in [1.82, 2.24) is 9.80 Å². The van der Waals surface area contributed by atoms with Crippen LogP contribution < -0.4 is 0 Å². The number of amides is 2. The summed E-state index contributed by atoms with van der Waals surface area (Å²) in [6, 6.07) is 14.0. The molecular weight excluding hydrogens is 500 g/mol. The quantitative estimate of drug-likeness (QED) is 0.543. The Hall–Kier alpha value is -3.59. The third-order valence-corrected chi connectivity index (χ3v) is 6.36. The van der Waals surface area contributed by atoms with E-state index in [0.717, 1.165) is 17.5 Å². The minimum atomic E-state index is -1.04. The van der Waals surface area contributed by atoms with Gasteiger partial charge in [-0.25, -0.2) is 14.4 Å². The molecule has 0 spiro atoms. The van der Waals surface area contributed by atoms with Gasteiger partial charge in [0.1, 0.15) is 11.2 Å². The van der Waals surface area contributed by atoms with E-state index >= 15 is 0 Å². The lowest BCUT2D eigenvalue weighted by Gasteiger charge is -2.37. The number of hydrogen-bond donors (Lipinski definition) is 2. The molecule has 0 radical (unpaired) electrons. The zero-order valence-electron chi connectivity index (χ0n) is 23.6. The van der Waals surface area contributed by atoms with E-state index in [2.05, 4.69) is 0 Å². The van der Waals surface area contributed by atoms with Crippen molar-refractivity contribution in [1.29, 1.82) is 0 Å². The number of nitrogens with zero attached hydrogens (tertiary/aromatic N) is 2. The van der Waals surface area contributed by atoms with Crippen molar-refractivity contribution >= 4 is 18.2 Å². The minimum Gasteiger partial charge on any atom is -0.479 e. The molecule has 0 aromatic heterocycles. The number of aliphatic hydroxyl groups excluding tert-OH is 1. The predicted octanol–water partition coefficient (Wildman–Crippen LogP) is 5.12. The molecule has 2 amide bonds. The molecule has 0 bridgehead atoms. The van der Waals surface area contributed by atoms with E-state index in [1.807, 2.05) is 57.2 Å². The third-order valence-electron chi connectivity index (χ3n) is 6.36. The highest BCUT2D eigenvalue weighted by atomic mass is 16.6. The van der Waals surface area contributed by atoms with Crippen molar-refractivity contribution in [2.24, 2.45) is 0 Å². The van der Waals surface area contributed by atoms with Crippen LogP contribution in [-0.2, 0) is 27.1 Å². The maximum atomic E-state index is 12.2. The van der Waals surface area contributed by atoms with Gasteiger partial charge in [-0.2, -0.15) is 0 Å². The van der Waals surface area contributed by atoms with Gasteiger partial charge in [-0.15, -0.1) is 0 Å². The molecule has 0 saturated carbocycles. The number of carbonyl (C=O) groups excluding carboxylic acids is 2. The lowest BCUT2D eigenvalue weighted by molar-refractivity contribution is -0.143. The molecule has 9 nitrogen and oxygen atoms in total. The molecular formula is C30H40N2O7. The lowest BCUT2D eigenvalue weighted by Crippen LogP contribution is -2.45. The summed E-state index contributed by atoms with van der Waals surface area (Å²) in [5.74, 6) is -1.04. The van der Waals surface area contributed by atoms with Gasteiger partial charge in [-0.3, -0.25) is 9.80 Å². The fourth-order valence-corrected chi connectivity index (χ4v) is 4.74. The van der Waals surface area contributed by atoms with E-state index in [1.54, 1.807) is 37.8 Å². The summed E-state index contributed by atoms with van der Waals surface area (Å²) in [5, 5.41) is 19.1. The SMILES string of the molecule is CC(C)(C)OC(=O)N1CCc2ccccc2[C@@H]1C(=O)O.CC(C)(C)OC(=O)N1CCc2ccccc2[C@@H]1CO. The second-order valence-electron chi connectivity index (χ2n) is 11.7. The summed E-state index contributed by atoms with van der Waals surface area (Å²) in [7, 11) is 0. The number of fused-ring (bicyclic) bond motifs is 2. The first-order valence-corrected chi connectivity index (χ1v) is 13.2. The van der Waals surface area contributed by atoms with E-state index in [1.165, 1.54) is 10.5 Å². The van der Waals surface area contributed by atoms with Gasteiger partial charge in [-0.1, -0.05) is 48.5 Å². The van der Waals surface area contributed by atoms with E-state index in [0.29, 0.717) is 25.1 Å². The van der Waals surface area contributed by atoms with E-state index in [9.17, 15) is 24.6 Å². The fourth-order valence-electron chi connectivity index (χ4n) is 4.74. The number of aliphatic carboxylic acids is 1. The Balaban J connectivity index is 0.000000216. The first-order chi connectivity index (χ1) is 18.2. The normalized spacial score (nSPS) is 18.6. The van der Waals surface area contributed by atoms with Crippen LogP contribution in [0.1, 0.15) is 75.9 Å². The smallest absolute Gasteiger partial charge is 0.411 e. The average Bonchev–Trinajstić information content (AvgIpc) is 2.85. The molecule has 0 saturated heterocycles. The molecule has 2 heterocycles. The molecule has 2 atom stereocenters. The van der Waals surface area contributed by atoms with Gasteiger partial charge in [0.25, 0.3) is 0 Å². The van der Waals surface area contributed by atoms with Crippen LogP contribution >= 0.6 is 0 Å². The van der Waals surface area contributed by atoms with Crippen LogP contribution in [0.3, 0.4) is 0 Å². The first-order valence-electron chi connectivity index (χ1n) is 13.2. The van der Waals surface area contributed by atoms with E-state index in [-0.39, 0.29) is 18.7 Å². The maximum Gasteiger partial charge on any atom is 0.411 e. The van der Waals surface area contributed by atoms with Crippen molar-refractivity contribution in [3.8, 4) is 0 Å². The summed E-state index contributed by atoms with van der Waals surface area (Å²) >= 11 is 0. The first kappa shape index (κ1) is 30.0. The molecule has 212 valence electrons. The standard InChI is InChI=1S/C15H19NO4.C15H21NO3/c1-15(2,3)20-14(19)16-9-8-10-6-4-5-7-11(10)12(16)13(17)18;1-15(2,3)19-14(18)16-9-8-11-6-4-5-7-12(11)13(16)10-17/h4-7,12H,8-9H2,1-3H3,(H,17,18);4-7,13,17H,8-10H2,1-3H3/t12-;13-/m10/s1. The molecule has 2 N–H and O–H groups in total. The zero-order valence-corrected chi connectivity index (χ0v) is 23.6. The number of rotatable bonds is 2. The van der Waals surface area contributed by atoms with Crippen LogP contribution in [-0.4, -0.2) is 69.1 Å². The van der Waals surface area contributed by atoms with Crippen molar-refractivity contribution in [2.45, 2.75) is 77.7 Å². The number of ether oxygens (including phenoxy) is 2. The Morgan fingerprint density at radius 3 is 1.69 bits per heavy atom. The van der Waals surface area contributed by atoms with Crippen LogP contribution in [0.15, 0.2) is 48.5 Å². The van der Waals surface area contributed by atoms with Gasteiger partial charge >= 0.3 is 18.2 Å². The second-order valence-corrected chi connectivity index (χ2v) is 11.7. The summed E-state index contributed by atoms with van der Waals surface area (Å²) in [5.41, 5.74) is 2.69. The van der Waals surface area contributed by atoms with Crippen LogP contribution in [0.25, 0.3) is 0 Å². The van der Waals surface area contributed by atoms with Crippen molar-refractivity contribution < 1.29 is 34.1 Å². The molecule has 0 aliphatic carbocycles. The number of carboxylic acid groups (broad SMARTS) is 1. The van der Waals surface area contributed by atoms with Gasteiger partial charge in [0.15, 0.2) is 6.04 Å². The molecule has 2 aliphatic heterocycles. The Bertz CT molecular complexity index is 1180. The highest BCUT2D eigenvalue weighted by Crippen LogP contribution is 2.32. The zero-order chi connectivity index (χ0) is 29.0. The number of benzene rings is 2. The number of carboxylic acids is 1. The van der Waals surface area contributed by atoms with Gasteiger partial charge < -0.3 is 19.7 Å². The van der Waals surface area contributed by atoms with Gasteiger partial charge in [0.2, 0.25) is 0 Å². The van der Waals surface area contributed by atoms with Gasteiger partial charge in [-0.05, 0) is 76.6 Å². The number of hydrogen-bond acceptors (Lipinski definition) is 6. The van der Waals surface area contributed by atoms with Gasteiger partial charge in [0.05, 0.1) is 12.6 Å². The Morgan fingerprint density at radius 1 is 0.769 bits per heavy atom. The van der Waals surface area contributed by atoms with E-state index in [4.69, 9.17) is 9.47 Å². The highest BCUT2D eigenvalue weighted by Gasteiger charge is 2.38. The average molecular weight is 541 g/mol. The lowest BCUT2D eigenvalue weighted by atomic mass is 9.93. The van der Waals surface area contributed by atoms with Crippen molar-refractivity contribution in [3.63, 3.8) is 0 Å². The van der Waals surface area contributed by atoms with Crippen LogP contribution in [0.4, 0.5) is 9.59 Å². The van der Waals surface area contributed by atoms with E-state index < -0.39 is 29.3 Å². The summed E-state index contributed by atoms with van der Waals surface area (Å²) < 4.78 is 10.7. The second kappa shape index (κ2) is 12.1. The minimum absolute atomic E-state index is 0.0870. The topological polar surface area (TPSA) is 117 Å². The van der Waals surface area contributed by atoms with Crippen LogP contribution in [0, 0.1) is 0 Å². The molecule has 2 aromatic carbocycles. The maximum absolute atomic E-state index is 12.2. The molecule has 9 heteroatoms. The largest absolute Gasteiger partial charge is 0.479 e. The summed E-state index contributed by atoms with van der Waals surface area (Å²) in [6.45, 7) is 11.7. The molecule has 39 heavy (non-hydrogen) atoms. The molecule has 2 aliphatic rings. The summed E-state index contributed by atoms with van der Waals surface area (Å²) in [6.07, 6.45) is 0.492. The monoisotopic (exact) mass is 540 g/mol. The van der Waals surface area contributed by atoms with Crippen LogP contribution in [0.2, 0.25) is 0 Å². The number of aliphatic hydroxyl groups is 1. The van der Waals surface area contributed by atoms with Crippen molar-refractivity contribution in [2.75, 3.05) is 19.7 Å². The molecule has 0 unspecified atom stereocenters. The Morgan fingerprint density at radius 2 is 1.21 bits per heavy atom. The Kier molecular flexibility index (Phi) is 9.27. The fraction of sp³-hybridized carbons (Fsp3) is 0.500.